The zero-order valence-electron chi connectivity index (χ0n) is 11.9. The van der Waals surface area contributed by atoms with E-state index in [1.807, 2.05) is 0 Å². The first-order valence-electron chi connectivity index (χ1n) is 7.57. The number of hydrogen-bond donors (Lipinski definition) is 0. The van der Waals surface area contributed by atoms with Gasteiger partial charge >= 0.3 is 0 Å². The van der Waals surface area contributed by atoms with Gasteiger partial charge in [-0.1, -0.05) is 24.9 Å². The predicted octanol–water partition coefficient (Wildman–Crippen LogP) is 2.66. The van der Waals surface area contributed by atoms with E-state index in [4.69, 9.17) is 4.52 Å². The fraction of sp³-hybridized carbons (Fsp3) is 0.857. The van der Waals surface area contributed by atoms with Crippen LogP contribution in [0.3, 0.4) is 0 Å². The summed E-state index contributed by atoms with van der Waals surface area (Å²) in [6.45, 7) is 2.28. The van der Waals surface area contributed by atoms with Crippen molar-refractivity contribution in [2.45, 2.75) is 57.3 Å². The molecule has 1 aliphatic heterocycles. The van der Waals surface area contributed by atoms with Crippen molar-refractivity contribution in [2.75, 3.05) is 11.5 Å². The SMILES string of the molecule is CC1CCC(c2noc(C3CCCS(=O)(=O)C3)n2)CC1. The van der Waals surface area contributed by atoms with Crippen LogP contribution in [0.4, 0.5) is 0 Å². The average Bonchev–Trinajstić information content (AvgIpc) is 2.88. The third-order valence-electron chi connectivity index (χ3n) is 4.65. The molecule has 2 fully saturated rings. The van der Waals surface area contributed by atoms with E-state index < -0.39 is 9.84 Å². The second-order valence-corrected chi connectivity index (χ2v) is 8.63. The lowest BCUT2D eigenvalue weighted by molar-refractivity contribution is 0.318. The Morgan fingerprint density at radius 1 is 1.10 bits per heavy atom. The molecule has 1 aromatic rings. The summed E-state index contributed by atoms with van der Waals surface area (Å²) in [5.74, 6) is 2.86. The quantitative estimate of drug-likeness (QED) is 0.839. The molecule has 1 atom stereocenters. The maximum absolute atomic E-state index is 11.7. The van der Waals surface area contributed by atoms with Crippen molar-refractivity contribution in [1.29, 1.82) is 0 Å². The van der Waals surface area contributed by atoms with Crippen molar-refractivity contribution in [3.63, 3.8) is 0 Å². The first-order chi connectivity index (χ1) is 9.53. The number of aromatic nitrogens is 2. The standard InChI is InChI=1S/C14H22N2O3S/c1-10-4-6-11(7-5-10)13-15-14(19-16-13)12-3-2-8-20(17,18)9-12/h10-12H,2-9H2,1H3. The Morgan fingerprint density at radius 3 is 2.55 bits per heavy atom. The summed E-state index contributed by atoms with van der Waals surface area (Å²) in [5, 5.41) is 4.11. The average molecular weight is 298 g/mol. The second-order valence-electron chi connectivity index (χ2n) is 6.40. The molecule has 0 bridgehead atoms. The summed E-state index contributed by atoms with van der Waals surface area (Å²) in [4.78, 5) is 4.51. The van der Waals surface area contributed by atoms with E-state index in [0.717, 1.165) is 31.0 Å². The predicted molar refractivity (Wildman–Crippen MR) is 75.3 cm³/mol. The molecule has 3 rings (SSSR count). The fourth-order valence-electron chi connectivity index (χ4n) is 3.31. The van der Waals surface area contributed by atoms with Crippen LogP contribution in [0.2, 0.25) is 0 Å². The van der Waals surface area contributed by atoms with Gasteiger partial charge in [-0.2, -0.15) is 4.98 Å². The molecule has 1 aliphatic carbocycles. The molecule has 1 unspecified atom stereocenters. The van der Waals surface area contributed by atoms with Crippen LogP contribution in [0, 0.1) is 5.92 Å². The van der Waals surface area contributed by atoms with Gasteiger partial charge in [0.1, 0.15) is 0 Å². The van der Waals surface area contributed by atoms with Gasteiger partial charge in [-0.25, -0.2) is 8.42 Å². The van der Waals surface area contributed by atoms with Gasteiger partial charge in [-0.05, 0) is 31.6 Å². The molecule has 1 aromatic heterocycles. The Labute approximate surface area is 120 Å². The van der Waals surface area contributed by atoms with E-state index >= 15 is 0 Å². The molecule has 20 heavy (non-hydrogen) atoms. The van der Waals surface area contributed by atoms with Crippen LogP contribution < -0.4 is 0 Å². The van der Waals surface area contributed by atoms with E-state index in [2.05, 4.69) is 17.1 Å². The van der Waals surface area contributed by atoms with E-state index in [0.29, 0.717) is 24.0 Å². The van der Waals surface area contributed by atoms with E-state index in [1.165, 1.54) is 12.8 Å². The number of rotatable bonds is 2. The minimum Gasteiger partial charge on any atom is -0.339 e. The number of hydrogen-bond acceptors (Lipinski definition) is 5. The highest BCUT2D eigenvalue weighted by Crippen LogP contribution is 2.35. The molecule has 0 radical (unpaired) electrons. The van der Waals surface area contributed by atoms with E-state index in [9.17, 15) is 8.42 Å². The van der Waals surface area contributed by atoms with Crippen molar-refractivity contribution < 1.29 is 12.9 Å². The van der Waals surface area contributed by atoms with Gasteiger partial charge in [0.05, 0.1) is 17.4 Å². The van der Waals surface area contributed by atoms with Gasteiger partial charge in [0.2, 0.25) is 5.89 Å². The van der Waals surface area contributed by atoms with Crippen LogP contribution in [0.1, 0.15) is 69.0 Å². The summed E-state index contributed by atoms with van der Waals surface area (Å²) in [6, 6.07) is 0. The maximum Gasteiger partial charge on any atom is 0.230 e. The second kappa shape index (κ2) is 5.47. The van der Waals surface area contributed by atoms with E-state index in [-0.39, 0.29) is 11.7 Å². The Balaban J connectivity index is 1.70. The van der Waals surface area contributed by atoms with Crippen molar-refractivity contribution in [1.82, 2.24) is 10.1 Å². The molecule has 0 N–H and O–H groups in total. The van der Waals surface area contributed by atoms with Crippen LogP contribution in [0.15, 0.2) is 4.52 Å². The molecule has 2 aliphatic rings. The number of sulfone groups is 1. The highest BCUT2D eigenvalue weighted by Gasteiger charge is 2.31. The smallest absolute Gasteiger partial charge is 0.230 e. The zero-order chi connectivity index (χ0) is 14.2. The lowest BCUT2D eigenvalue weighted by atomic mass is 9.83. The Morgan fingerprint density at radius 2 is 1.85 bits per heavy atom. The van der Waals surface area contributed by atoms with Crippen molar-refractivity contribution in [3.8, 4) is 0 Å². The highest BCUT2D eigenvalue weighted by molar-refractivity contribution is 7.91. The summed E-state index contributed by atoms with van der Waals surface area (Å²) < 4.78 is 28.7. The highest BCUT2D eigenvalue weighted by atomic mass is 32.2. The maximum atomic E-state index is 11.7. The van der Waals surface area contributed by atoms with Crippen LogP contribution in [-0.2, 0) is 9.84 Å². The largest absolute Gasteiger partial charge is 0.339 e. The molecule has 1 saturated heterocycles. The van der Waals surface area contributed by atoms with Gasteiger partial charge in [-0.15, -0.1) is 0 Å². The first kappa shape index (κ1) is 14.0. The minimum absolute atomic E-state index is 0.0995. The normalized spacial score (nSPS) is 34.0. The molecule has 0 amide bonds. The minimum atomic E-state index is -2.93. The van der Waals surface area contributed by atoms with Crippen LogP contribution in [-0.4, -0.2) is 30.1 Å². The Hall–Kier alpha value is -0.910. The molecule has 5 nitrogen and oxygen atoms in total. The van der Waals surface area contributed by atoms with Crippen LogP contribution >= 0.6 is 0 Å². The molecule has 1 saturated carbocycles. The van der Waals surface area contributed by atoms with Gasteiger partial charge in [-0.3, -0.25) is 0 Å². The summed E-state index contributed by atoms with van der Waals surface area (Å²) in [7, 11) is -2.93. The molecule has 0 spiro atoms. The lowest BCUT2D eigenvalue weighted by Gasteiger charge is -2.23. The van der Waals surface area contributed by atoms with Crippen molar-refractivity contribution in [2.24, 2.45) is 5.92 Å². The van der Waals surface area contributed by atoms with Crippen LogP contribution in [0.5, 0.6) is 0 Å². The molecule has 0 aromatic carbocycles. The third kappa shape index (κ3) is 3.05. The van der Waals surface area contributed by atoms with Crippen molar-refractivity contribution >= 4 is 9.84 Å². The molecule has 2 heterocycles. The third-order valence-corrected chi connectivity index (χ3v) is 6.47. The topological polar surface area (TPSA) is 73.1 Å². The van der Waals surface area contributed by atoms with E-state index in [1.54, 1.807) is 0 Å². The zero-order valence-corrected chi connectivity index (χ0v) is 12.7. The first-order valence-corrected chi connectivity index (χ1v) is 9.39. The Kier molecular flexibility index (Phi) is 3.84. The van der Waals surface area contributed by atoms with Crippen LogP contribution in [0.25, 0.3) is 0 Å². The molecular formula is C14H22N2O3S. The summed E-state index contributed by atoms with van der Waals surface area (Å²) in [5.41, 5.74) is 0. The van der Waals surface area contributed by atoms with Gasteiger partial charge < -0.3 is 4.52 Å². The number of nitrogens with zero attached hydrogens (tertiary/aromatic N) is 2. The fourth-order valence-corrected chi connectivity index (χ4v) is 5.01. The van der Waals surface area contributed by atoms with Crippen molar-refractivity contribution in [3.05, 3.63) is 11.7 Å². The summed E-state index contributed by atoms with van der Waals surface area (Å²) in [6.07, 6.45) is 6.19. The summed E-state index contributed by atoms with van der Waals surface area (Å²) >= 11 is 0. The molecular weight excluding hydrogens is 276 g/mol. The van der Waals surface area contributed by atoms with Gasteiger partial charge in [0.15, 0.2) is 15.7 Å². The Bertz CT molecular complexity index is 559. The van der Waals surface area contributed by atoms with Gasteiger partial charge in [0.25, 0.3) is 0 Å². The molecule has 112 valence electrons. The van der Waals surface area contributed by atoms with Gasteiger partial charge in [0, 0.05) is 5.92 Å². The molecule has 6 heteroatoms. The lowest BCUT2D eigenvalue weighted by Crippen LogP contribution is -2.24. The monoisotopic (exact) mass is 298 g/mol.